The molecule has 2 atom stereocenters. The monoisotopic (exact) mass is 1060 g/mol. The van der Waals surface area contributed by atoms with E-state index < -0.39 is 24.3 Å². The van der Waals surface area contributed by atoms with E-state index in [0.29, 0.717) is 17.4 Å². The summed E-state index contributed by atoms with van der Waals surface area (Å²) < 4.78 is 22.7. The van der Waals surface area contributed by atoms with E-state index in [9.17, 15) is 19.5 Å². The Morgan fingerprint density at radius 3 is 1.13 bits per heavy atom. The van der Waals surface area contributed by atoms with Crippen LogP contribution in [-0.4, -0.2) is 82.3 Å². The zero-order valence-corrected chi connectivity index (χ0v) is 49.6. The van der Waals surface area contributed by atoms with E-state index in [1.165, 1.54) is 116 Å². The number of hydrogen-bond acceptors (Lipinski definition) is 8. The van der Waals surface area contributed by atoms with Crippen LogP contribution < -0.4 is 5.11 Å². The van der Waals surface area contributed by atoms with Gasteiger partial charge in [0.15, 0.2) is 12.4 Å². The summed E-state index contributed by atoms with van der Waals surface area (Å²) in [4.78, 5) is 37.3. The van der Waals surface area contributed by atoms with Crippen molar-refractivity contribution in [1.29, 1.82) is 0 Å². The van der Waals surface area contributed by atoms with Crippen molar-refractivity contribution in [3.05, 3.63) is 97.2 Å². The van der Waals surface area contributed by atoms with Crippen LogP contribution in [-0.2, 0) is 33.3 Å². The van der Waals surface area contributed by atoms with Gasteiger partial charge >= 0.3 is 11.9 Å². The molecule has 0 aromatic heterocycles. The first kappa shape index (κ1) is 72.2. The lowest BCUT2D eigenvalue weighted by molar-refractivity contribution is -0.870. The Morgan fingerprint density at radius 2 is 0.750 bits per heavy atom. The van der Waals surface area contributed by atoms with Crippen LogP contribution in [0, 0.1) is 0 Å². The topological polar surface area (TPSA) is 111 Å². The fraction of sp³-hybridized carbons (Fsp3) is 0.716. The predicted molar refractivity (Wildman–Crippen MR) is 320 cm³/mol. The molecule has 0 aliphatic rings. The summed E-state index contributed by atoms with van der Waals surface area (Å²) in [6.45, 7) is 4.63. The van der Waals surface area contributed by atoms with E-state index in [4.69, 9.17) is 18.9 Å². The number of likely N-dealkylation sites (N-methyl/N-ethyl adjacent to an activating group) is 1. The van der Waals surface area contributed by atoms with Crippen LogP contribution in [0.5, 0.6) is 0 Å². The second kappa shape index (κ2) is 57.4. The molecular formula is C67H115NO8. The lowest BCUT2D eigenvalue weighted by Gasteiger charge is -2.26. The molecule has 0 N–H and O–H groups in total. The molecule has 0 aromatic carbocycles. The molecular weight excluding hydrogens is 947 g/mol. The lowest BCUT2D eigenvalue weighted by Crippen LogP contribution is -2.44. The van der Waals surface area contributed by atoms with Crippen LogP contribution in [0.3, 0.4) is 0 Å². The number of allylic oxidation sites excluding steroid dienone is 16. The van der Waals surface area contributed by atoms with Crippen molar-refractivity contribution in [2.45, 2.75) is 264 Å². The van der Waals surface area contributed by atoms with E-state index in [1.807, 2.05) is 21.1 Å². The highest BCUT2D eigenvalue weighted by Crippen LogP contribution is 2.16. The van der Waals surface area contributed by atoms with Gasteiger partial charge in [0, 0.05) is 12.8 Å². The highest BCUT2D eigenvalue weighted by Gasteiger charge is 2.22. The number of unbranched alkanes of at least 4 members (excludes halogenated alkanes) is 25. The average Bonchev–Trinajstić information content (AvgIpc) is 3.39. The first-order chi connectivity index (χ1) is 37.1. The maximum Gasteiger partial charge on any atom is 0.306 e. The first-order valence-electron chi connectivity index (χ1n) is 30.9. The normalized spacial score (nSPS) is 13.4. The largest absolute Gasteiger partial charge is 0.545 e. The second-order valence-corrected chi connectivity index (χ2v) is 21.6. The molecule has 0 radical (unpaired) electrons. The molecule has 0 rings (SSSR count). The minimum absolute atomic E-state index is 0.143. The number of aliphatic carboxylic acids is 1. The smallest absolute Gasteiger partial charge is 0.306 e. The number of hydrogen-bond donors (Lipinski definition) is 0. The quantitative estimate of drug-likeness (QED) is 0.0195. The Labute approximate surface area is 467 Å². The Hall–Kier alpha value is -3.79. The van der Waals surface area contributed by atoms with Crippen LogP contribution in [0.4, 0.5) is 0 Å². The molecule has 0 aromatic rings. The zero-order chi connectivity index (χ0) is 55.5. The van der Waals surface area contributed by atoms with Crippen LogP contribution in [0.2, 0.25) is 0 Å². The average molecular weight is 1060 g/mol. The summed E-state index contributed by atoms with van der Waals surface area (Å²) in [6.07, 6.45) is 74.6. The molecule has 9 nitrogen and oxygen atoms in total. The summed E-state index contributed by atoms with van der Waals surface area (Å²) in [6, 6.07) is 0. The predicted octanol–water partition coefficient (Wildman–Crippen LogP) is 17.2. The van der Waals surface area contributed by atoms with Crippen LogP contribution in [0.25, 0.3) is 0 Å². The van der Waals surface area contributed by atoms with Crippen LogP contribution in [0.15, 0.2) is 97.2 Å². The van der Waals surface area contributed by atoms with Crippen LogP contribution >= 0.6 is 0 Å². The van der Waals surface area contributed by atoms with Gasteiger partial charge in [0.2, 0.25) is 0 Å². The minimum Gasteiger partial charge on any atom is -0.545 e. The molecule has 0 heterocycles. The van der Waals surface area contributed by atoms with E-state index >= 15 is 0 Å². The van der Waals surface area contributed by atoms with E-state index in [2.05, 4.69) is 111 Å². The first-order valence-corrected chi connectivity index (χ1v) is 30.9. The number of quaternary nitrogens is 1. The molecule has 76 heavy (non-hydrogen) atoms. The maximum absolute atomic E-state index is 12.9. The highest BCUT2D eigenvalue weighted by atomic mass is 16.7. The molecule has 0 spiro atoms. The van der Waals surface area contributed by atoms with E-state index in [0.717, 1.165) is 103 Å². The third-order valence-electron chi connectivity index (χ3n) is 13.1. The van der Waals surface area contributed by atoms with Crippen molar-refractivity contribution in [1.82, 2.24) is 0 Å². The molecule has 436 valence electrons. The number of carboxylic acids is 1. The number of carbonyl (C=O) groups excluding carboxylic acids is 3. The highest BCUT2D eigenvalue weighted by molar-refractivity contribution is 5.70. The minimum atomic E-state index is -1.63. The molecule has 2 unspecified atom stereocenters. The standard InChI is InChI=1S/C67H115NO8/c1-6-8-10-12-14-16-18-20-22-24-25-26-27-28-29-30-31-32-33-34-35-36-37-38-39-40-41-42-44-46-48-50-52-54-56-58-65(70)76-63(62-75-67(66(71)72)73-60-59-68(3,4)5)61-74-64(69)57-55-53-51-49-47-45-43-23-21-19-17-15-13-11-9-7-2/h8,10,14,16,20,22-23,25-26,28-29,31-32,34-35,43,63,67H,6-7,9,11-13,15,17-19,21,24,27,30,33,36-42,44-62H2,1-5H3/b10-8-,16-14-,22-20-,26-25-,29-28-,32-31-,35-34-,43-23-. The maximum atomic E-state index is 12.9. The van der Waals surface area contributed by atoms with Crippen molar-refractivity contribution in [3.8, 4) is 0 Å². The van der Waals surface area contributed by atoms with E-state index in [-0.39, 0.29) is 38.6 Å². The van der Waals surface area contributed by atoms with Gasteiger partial charge in [-0.2, -0.15) is 0 Å². The fourth-order valence-corrected chi connectivity index (χ4v) is 8.34. The summed E-state index contributed by atoms with van der Waals surface area (Å²) in [5.41, 5.74) is 0. The number of rotatable bonds is 56. The summed E-state index contributed by atoms with van der Waals surface area (Å²) in [5, 5.41) is 11.8. The van der Waals surface area contributed by atoms with Gasteiger partial charge < -0.3 is 33.3 Å². The van der Waals surface area contributed by atoms with Gasteiger partial charge in [-0.15, -0.1) is 0 Å². The molecule has 0 fully saturated rings. The molecule has 0 aliphatic heterocycles. The van der Waals surface area contributed by atoms with Crippen molar-refractivity contribution < 1.29 is 42.9 Å². The summed E-state index contributed by atoms with van der Waals surface area (Å²) in [7, 11) is 5.92. The van der Waals surface area contributed by atoms with E-state index in [1.54, 1.807) is 0 Å². The van der Waals surface area contributed by atoms with Crippen molar-refractivity contribution in [2.75, 3.05) is 47.5 Å². The van der Waals surface area contributed by atoms with Gasteiger partial charge in [0.05, 0.1) is 40.3 Å². The summed E-state index contributed by atoms with van der Waals surface area (Å²) in [5.74, 6) is -2.29. The molecule has 0 saturated heterocycles. The van der Waals surface area contributed by atoms with Crippen molar-refractivity contribution >= 4 is 17.9 Å². The Bertz CT molecular complexity index is 1570. The van der Waals surface area contributed by atoms with Gasteiger partial charge in [0.1, 0.15) is 13.2 Å². The third-order valence-corrected chi connectivity index (χ3v) is 13.1. The SMILES string of the molecule is CC/C=C\C/C=C\C/C=C\C/C=C\C/C=C\C/C=C\C/C=C\CCCCCCCCCCCCCCCC(=O)OC(COC(=O)CCCCCCC/C=C\CCCCCCCCC)COC(OCC[N+](C)(C)C)C(=O)[O-]. The zero-order valence-electron chi connectivity index (χ0n) is 49.6. The molecule has 0 amide bonds. The van der Waals surface area contributed by atoms with Crippen molar-refractivity contribution in [3.63, 3.8) is 0 Å². The van der Waals surface area contributed by atoms with Gasteiger partial charge in [-0.3, -0.25) is 9.59 Å². The Morgan fingerprint density at radius 1 is 0.408 bits per heavy atom. The third kappa shape index (κ3) is 57.9. The second-order valence-electron chi connectivity index (χ2n) is 21.6. The van der Waals surface area contributed by atoms with Gasteiger partial charge in [0.25, 0.3) is 0 Å². The van der Waals surface area contributed by atoms with Crippen molar-refractivity contribution in [2.24, 2.45) is 0 Å². The number of nitrogens with zero attached hydrogens (tertiary/aromatic N) is 1. The Balaban J connectivity index is 4.15. The molecule has 0 saturated carbocycles. The number of ether oxygens (including phenoxy) is 4. The van der Waals surface area contributed by atoms with Gasteiger partial charge in [-0.05, 0) is 96.3 Å². The lowest BCUT2D eigenvalue weighted by atomic mass is 10.0. The fourth-order valence-electron chi connectivity index (χ4n) is 8.34. The summed E-state index contributed by atoms with van der Waals surface area (Å²) >= 11 is 0. The number of esters is 2. The molecule has 9 heteroatoms. The Kier molecular flexibility index (Phi) is 54.5. The van der Waals surface area contributed by atoms with Gasteiger partial charge in [-0.1, -0.05) is 239 Å². The molecule has 0 aliphatic carbocycles. The number of carbonyl (C=O) groups is 3. The number of carboxylic acid groups (broad SMARTS) is 1. The van der Waals surface area contributed by atoms with Gasteiger partial charge in [-0.25, -0.2) is 0 Å². The molecule has 0 bridgehead atoms. The van der Waals surface area contributed by atoms with Crippen LogP contribution in [0.1, 0.15) is 251 Å².